The smallest absolute Gasteiger partial charge is 0.420 e. The molecule has 2 spiro atoms. The van der Waals surface area contributed by atoms with Crippen LogP contribution >= 0.6 is 0 Å². The second-order valence-electron chi connectivity index (χ2n) is 19.9. The van der Waals surface area contributed by atoms with Crippen LogP contribution in [0.1, 0.15) is 54.5 Å². The van der Waals surface area contributed by atoms with Crippen molar-refractivity contribution in [3.63, 3.8) is 0 Å². The van der Waals surface area contributed by atoms with E-state index in [1.54, 1.807) is 78.2 Å². The first-order valence-corrected chi connectivity index (χ1v) is 25.1. The van der Waals surface area contributed by atoms with Crippen molar-refractivity contribution in [3.8, 4) is 22.5 Å². The molecule has 4 aliphatic heterocycles. The van der Waals surface area contributed by atoms with Crippen LogP contribution in [-0.2, 0) is 44.5 Å². The van der Waals surface area contributed by atoms with Crippen molar-refractivity contribution >= 4 is 57.8 Å². The fourth-order valence-electron chi connectivity index (χ4n) is 9.18. The Morgan fingerprint density at radius 1 is 0.617 bits per heavy atom. The predicted octanol–water partition coefficient (Wildman–Crippen LogP) is 9.25. The van der Waals surface area contributed by atoms with E-state index >= 15 is 0 Å². The number of nitrogens with zero attached hydrogens (tertiary/aromatic N) is 5. The van der Waals surface area contributed by atoms with Crippen molar-refractivity contribution in [1.29, 1.82) is 0 Å². The van der Waals surface area contributed by atoms with Crippen LogP contribution in [0.4, 0.5) is 26.3 Å². The van der Waals surface area contributed by atoms with Crippen LogP contribution in [0.2, 0.25) is 0 Å². The Balaban J connectivity index is 0.000000163. The molecule has 3 amide bonds. The quantitative estimate of drug-likeness (QED) is 0.0661. The molecule has 4 saturated heterocycles. The van der Waals surface area contributed by atoms with E-state index in [0.29, 0.717) is 42.8 Å². The van der Waals surface area contributed by atoms with E-state index in [1.165, 1.54) is 67.8 Å². The summed E-state index contributed by atoms with van der Waals surface area (Å²) >= 11 is 0. The van der Waals surface area contributed by atoms with E-state index < -0.39 is 41.3 Å². The van der Waals surface area contributed by atoms with Gasteiger partial charge in [0.1, 0.15) is 22.7 Å². The molecule has 6 aromatic heterocycles. The van der Waals surface area contributed by atoms with E-state index in [4.69, 9.17) is 23.4 Å². The fourth-order valence-corrected chi connectivity index (χ4v) is 9.18. The minimum Gasteiger partial charge on any atom is -0.478 e. The lowest BCUT2D eigenvalue weighted by atomic mass is 9.78. The number of ether oxygens (including phenoxy) is 2. The van der Waals surface area contributed by atoms with E-state index in [1.807, 2.05) is 0 Å². The van der Waals surface area contributed by atoms with E-state index in [-0.39, 0.29) is 85.9 Å². The number of alkyl halides is 6. The third kappa shape index (κ3) is 13.0. The van der Waals surface area contributed by atoms with Crippen LogP contribution in [-0.4, -0.2) is 106 Å². The maximum absolute atomic E-state index is 14.0. The van der Waals surface area contributed by atoms with Crippen LogP contribution in [0.15, 0.2) is 143 Å². The number of carbonyl (C=O) groups excluding carboxylic acids is 3. The molecule has 0 unspecified atom stereocenters. The SMILES string of the molecule is C1NCC12COC2.O=C(/C=C/c1cccnc1)NCc1cc2cc(-c3ccc(C(=O)N4CC5(COC5)C4)cn3)cc(C(F)(F)F)c2o1.O=C(/C=C/c1cccnc1)NCc1cc2cc(-c3ccc(C(=O)O)cn3)cc(C(F)(F)F)c2o1. The Labute approximate surface area is 456 Å². The minimum atomic E-state index is -4.71. The summed E-state index contributed by atoms with van der Waals surface area (Å²) in [6.07, 6.45) is 5.15. The van der Waals surface area contributed by atoms with E-state index in [0.717, 1.165) is 37.1 Å². The molecule has 4 fully saturated rings. The molecule has 2 aromatic carbocycles. The van der Waals surface area contributed by atoms with Gasteiger partial charge in [-0.15, -0.1) is 0 Å². The van der Waals surface area contributed by atoms with Gasteiger partial charge in [-0.05, 0) is 96.1 Å². The Hall–Kier alpha value is -9.06. The highest BCUT2D eigenvalue weighted by molar-refractivity contribution is 5.96. The van der Waals surface area contributed by atoms with Crippen LogP contribution in [0.25, 0.3) is 56.6 Å². The molecule has 4 N–H and O–H groups in total. The molecule has 23 heteroatoms. The third-order valence-corrected chi connectivity index (χ3v) is 13.6. The first-order valence-electron chi connectivity index (χ1n) is 25.1. The van der Waals surface area contributed by atoms with Crippen molar-refractivity contribution in [1.82, 2.24) is 40.8 Å². The Morgan fingerprint density at radius 3 is 1.43 bits per heavy atom. The van der Waals surface area contributed by atoms with Gasteiger partial charge in [-0.2, -0.15) is 26.3 Å². The number of amides is 3. The second-order valence-corrected chi connectivity index (χ2v) is 19.9. The highest BCUT2D eigenvalue weighted by atomic mass is 19.4. The third-order valence-electron chi connectivity index (χ3n) is 13.6. The molecular weight excluding hydrogens is 1070 g/mol. The summed E-state index contributed by atoms with van der Waals surface area (Å²) in [6, 6.07) is 20.4. The standard InChI is InChI=1S/C29H23F3N4O4.C24H16F3N3O4.C5H9NO/c30-29(31,32)23-10-20(24-5-4-19(12-34-24)27(38)36-14-28(15-36)16-39-17-28)8-21-9-22(40-26(21)23)13-35-25(37)6-3-18-2-1-7-33-11-18;25-24(26,27)19-10-16(20-5-4-15(12-29-20)23(32)33)8-17-9-18(34-22(17)19)13-30-21(31)6-3-14-2-1-7-28-11-14;1-5(2-6-1)3-7-4-5/h1-12H,13-17H2,(H,35,37);1-12H,13H2,(H,30,31)(H,32,33);6H,1-4H2/b2*6-3+;. The molecule has 81 heavy (non-hydrogen) atoms. The first kappa shape index (κ1) is 55.3. The number of aromatic carboxylic acids is 1. The minimum absolute atomic E-state index is 0.0786. The second kappa shape index (κ2) is 23.0. The number of fused-ring (bicyclic) bond motifs is 2. The molecule has 10 heterocycles. The number of carboxylic acids is 1. The number of pyridine rings is 4. The van der Waals surface area contributed by atoms with Gasteiger partial charge in [0, 0.05) is 103 Å². The average Bonchev–Trinajstić information content (AvgIpc) is 4.25. The molecule has 8 aromatic rings. The zero-order chi connectivity index (χ0) is 56.9. The van der Waals surface area contributed by atoms with Gasteiger partial charge in [-0.1, -0.05) is 12.1 Å². The van der Waals surface area contributed by atoms with Crippen LogP contribution in [0.5, 0.6) is 0 Å². The summed E-state index contributed by atoms with van der Waals surface area (Å²) in [4.78, 5) is 65.8. The molecule has 0 bridgehead atoms. The van der Waals surface area contributed by atoms with Gasteiger partial charge in [0.15, 0.2) is 0 Å². The zero-order valence-electron chi connectivity index (χ0n) is 42.6. The highest BCUT2D eigenvalue weighted by Gasteiger charge is 2.51. The number of furan rings is 2. The molecular formula is C58H48F6N8O9. The molecule has 0 radical (unpaired) electrons. The molecule has 0 atom stereocenters. The molecule has 0 saturated carbocycles. The molecule has 12 rings (SSSR count). The number of hydrogen-bond donors (Lipinski definition) is 4. The topological polar surface area (TPSA) is 224 Å². The lowest BCUT2D eigenvalue weighted by Gasteiger charge is -2.54. The predicted molar refractivity (Wildman–Crippen MR) is 281 cm³/mol. The number of benzene rings is 2. The normalized spacial score (nSPS) is 15.9. The molecule has 416 valence electrons. The summed E-state index contributed by atoms with van der Waals surface area (Å²) in [5, 5.41) is 17.8. The Bertz CT molecular complexity index is 3640. The van der Waals surface area contributed by atoms with Gasteiger partial charge in [0.2, 0.25) is 11.8 Å². The lowest BCUT2D eigenvalue weighted by molar-refractivity contribution is -0.176. The number of nitrogens with one attached hydrogen (secondary N) is 3. The van der Waals surface area contributed by atoms with E-state index in [9.17, 15) is 45.5 Å². The summed E-state index contributed by atoms with van der Waals surface area (Å²) in [6.45, 7) is 6.72. The summed E-state index contributed by atoms with van der Waals surface area (Å²) in [5.41, 5.74) is 0.602. The largest absolute Gasteiger partial charge is 0.478 e. The first-order chi connectivity index (χ1) is 38.8. The molecule has 0 aliphatic carbocycles. The maximum atomic E-state index is 14.0. The number of halogens is 6. The molecule has 17 nitrogen and oxygen atoms in total. The van der Waals surface area contributed by atoms with Gasteiger partial charge < -0.3 is 44.3 Å². The average molecular weight is 1120 g/mol. The van der Waals surface area contributed by atoms with Gasteiger partial charge in [0.25, 0.3) is 5.91 Å². The van der Waals surface area contributed by atoms with Gasteiger partial charge in [-0.3, -0.25) is 34.3 Å². The fraction of sp³-hybridized carbons (Fsp3) is 0.241. The van der Waals surface area contributed by atoms with Crippen LogP contribution < -0.4 is 16.0 Å². The van der Waals surface area contributed by atoms with E-state index in [2.05, 4.69) is 35.9 Å². The number of likely N-dealkylation sites (tertiary alicyclic amines) is 1. The summed E-state index contributed by atoms with van der Waals surface area (Å²) < 4.78 is 104. The van der Waals surface area contributed by atoms with Gasteiger partial charge >= 0.3 is 18.3 Å². The Morgan fingerprint density at radius 2 is 1.09 bits per heavy atom. The summed E-state index contributed by atoms with van der Waals surface area (Å²) in [7, 11) is 0. The van der Waals surface area contributed by atoms with Crippen molar-refractivity contribution in [2.45, 2.75) is 25.4 Å². The maximum Gasteiger partial charge on any atom is 0.420 e. The van der Waals surface area contributed by atoms with Gasteiger partial charge in [0.05, 0.1) is 78.6 Å². The van der Waals surface area contributed by atoms with Crippen molar-refractivity contribution in [3.05, 3.63) is 179 Å². The molecule has 4 aliphatic rings. The Kier molecular flexibility index (Phi) is 15.7. The number of aromatic nitrogens is 4. The number of hydrogen-bond acceptors (Lipinski definition) is 13. The zero-order valence-corrected chi connectivity index (χ0v) is 42.6. The lowest BCUT2D eigenvalue weighted by Crippen LogP contribution is -2.67. The highest BCUT2D eigenvalue weighted by Crippen LogP contribution is 2.42. The number of carboxylic acid groups (broad SMARTS) is 1. The van der Waals surface area contributed by atoms with Crippen LogP contribution in [0.3, 0.4) is 0 Å². The van der Waals surface area contributed by atoms with Crippen LogP contribution in [0, 0.1) is 10.8 Å². The van der Waals surface area contributed by atoms with Crippen molar-refractivity contribution in [2.24, 2.45) is 10.8 Å². The monoisotopic (exact) mass is 1110 g/mol. The number of carbonyl (C=O) groups is 4. The van der Waals surface area contributed by atoms with Crippen molar-refractivity contribution < 1.29 is 68.9 Å². The van der Waals surface area contributed by atoms with Crippen molar-refractivity contribution in [2.75, 3.05) is 52.6 Å². The number of rotatable bonds is 12. The van der Waals surface area contributed by atoms with Gasteiger partial charge in [-0.25, -0.2) is 4.79 Å². The summed E-state index contributed by atoms with van der Waals surface area (Å²) in [5.74, 6) is -1.95.